The number of hydrogen-bond donors (Lipinski definition) is 2. The van der Waals surface area contributed by atoms with Gasteiger partial charge in [0, 0.05) is 24.0 Å². The highest BCUT2D eigenvalue weighted by Crippen LogP contribution is 2.34. The number of pyridine rings is 1. The average molecular weight is 309 g/mol. The first-order chi connectivity index (χ1) is 10.1. The van der Waals surface area contributed by atoms with E-state index in [0.29, 0.717) is 0 Å². The third-order valence-electron chi connectivity index (χ3n) is 4.71. The van der Waals surface area contributed by atoms with E-state index >= 15 is 0 Å². The molecule has 2 fully saturated rings. The summed E-state index contributed by atoms with van der Waals surface area (Å²) in [7, 11) is -3.46. The molecule has 0 bridgehead atoms. The monoisotopic (exact) mass is 309 g/mol. The largest absolute Gasteiger partial charge is 0.311 e. The fraction of sp³-hybridized carbons (Fsp3) is 0.667. The maximum atomic E-state index is 12.4. The van der Waals surface area contributed by atoms with Crippen LogP contribution in [0.3, 0.4) is 0 Å². The maximum Gasteiger partial charge on any atom is 0.242 e. The highest BCUT2D eigenvalue weighted by Gasteiger charge is 2.38. The van der Waals surface area contributed by atoms with Crippen LogP contribution in [0.15, 0.2) is 29.4 Å². The topological polar surface area (TPSA) is 71.1 Å². The molecule has 1 saturated heterocycles. The van der Waals surface area contributed by atoms with E-state index in [4.69, 9.17) is 0 Å². The Kier molecular flexibility index (Phi) is 4.28. The molecule has 1 aromatic rings. The quantitative estimate of drug-likeness (QED) is 0.893. The number of nitrogens with one attached hydrogen (secondary N) is 2. The first kappa shape index (κ1) is 14.9. The molecule has 6 heteroatoms. The van der Waals surface area contributed by atoms with Crippen molar-refractivity contribution in [2.75, 3.05) is 6.54 Å². The van der Waals surface area contributed by atoms with Crippen LogP contribution in [-0.4, -0.2) is 31.5 Å². The number of nitrogens with zero attached hydrogens (tertiary/aromatic N) is 1. The molecule has 2 N–H and O–H groups in total. The van der Waals surface area contributed by atoms with E-state index in [-0.39, 0.29) is 16.5 Å². The van der Waals surface area contributed by atoms with Crippen molar-refractivity contribution in [2.45, 2.75) is 61.4 Å². The molecule has 1 aliphatic carbocycles. The minimum absolute atomic E-state index is 0.0227. The van der Waals surface area contributed by atoms with Crippen molar-refractivity contribution >= 4 is 10.0 Å². The molecule has 21 heavy (non-hydrogen) atoms. The van der Waals surface area contributed by atoms with Crippen molar-refractivity contribution in [1.29, 1.82) is 0 Å². The Hall–Kier alpha value is -0.980. The lowest BCUT2D eigenvalue weighted by Gasteiger charge is -2.44. The molecular formula is C15H23N3O2S. The predicted molar refractivity (Wildman–Crippen MR) is 81.4 cm³/mol. The molecule has 2 aliphatic rings. The lowest BCUT2D eigenvalue weighted by molar-refractivity contribution is 0.165. The SMILES string of the molecule is O=S(=O)(NC1CCNC2(CCCCC2)C1)c1cccnc1. The molecule has 0 amide bonds. The van der Waals surface area contributed by atoms with E-state index in [0.717, 1.165) is 32.2 Å². The van der Waals surface area contributed by atoms with Crippen LogP contribution in [-0.2, 0) is 10.0 Å². The molecule has 1 saturated carbocycles. The Labute approximate surface area is 126 Å². The van der Waals surface area contributed by atoms with E-state index in [9.17, 15) is 8.42 Å². The van der Waals surface area contributed by atoms with Gasteiger partial charge in [-0.25, -0.2) is 13.1 Å². The summed E-state index contributed by atoms with van der Waals surface area (Å²) in [6.45, 7) is 0.889. The first-order valence-electron chi connectivity index (χ1n) is 7.77. The van der Waals surface area contributed by atoms with Crippen LogP contribution in [0.25, 0.3) is 0 Å². The van der Waals surface area contributed by atoms with Crippen molar-refractivity contribution in [1.82, 2.24) is 15.0 Å². The minimum Gasteiger partial charge on any atom is -0.311 e. The summed E-state index contributed by atoms with van der Waals surface area (Å²) in [5.41, 5.74) is 0.151. The van der Waals surface area contributed by atoms with Gasteiger partial charge in [0.1, 0.15) is 4.90 Å². The third-order valence-corrected chi connectivity index (χ3v) is 6.21. The normalized spacial score (nSPS) is 25.8. The van der Waals surface area contributed by atoms with Crippen molar-refractivity contribution in [2.24, 2.45) is 0 Å². The van der Waals surface area contributed by atoms with Gasteiger partial charge < -0.3 is 5.32 Å². The summed E-state index contributed by atoms with van der Waals surface area (Å²) in [5.74, 6) is 0. The van der Waals surface area contributed by atoms with Crippen LogP contribution in [0.1, 0.15) is 44.9 Å². The van der Waals surface area contributed by atoms with Crippen LogP contribution in [0.4, 0.5) is 0 Å². The number of rotatable bonds is 3. The van der Waals surface area contributed by atoms with E-state index in [1.54, 1.807) is 18.3 Å². The highest BCUT2D eigenvalue weighted by atomic mass is 32.2. The van der Waals surface area contributed by atoms with Crippen LogP contribution in [0, 0.1) is 0 Å². The van der Waals surface area contributed by atoms with Gasteiger partial charge in [-0.15, -0.1) is 0 Å². The Morgan fingerprint density at radius 2 is 2.10 bits per heavy atom. The van der Waals surface area contributed by atoms with Gasteiger partial charge in [-0.3, -0.25) is 4.98 Å². The van der Waals surface area contributed by atoms with Crippen LogP contribution in [0.5, 0.6) is 0 Å². The van der Waals surface area contributed by atoms with Gasteiger partial charge in [0.05, 0.1) is 0 Å². The molecule has 1 atom stereocenters. The zero-order valence-electron chi connectivity index (χ0n) is 12.2. The molecule has 1 aromatic heterocycles. The molecule has 5 nitrogen and oxygen atoms in total. The number of sulfonamides is 1. The average Bonchev–Trinajstić information content (AvgIpc) is 2.48. The van der Waals surface area contributed by atoms with Gasteiger partial charge in [0.2, 0.25) is 10.0 Å². The number of hydrogen-bond acceptors (Lipinski definition) is 4. The predicted octanol–water partition coefficient (Wildman–Crippen LogP) is 1.81. The molecule has 2 heterocycles. The zero-order chi connectivity index (χ0) is 14.8. The molecule has 1 spiro atoms. The Morgan fingerprint density at radius 3 is 2.81 bits per heavy atom. The van der Waals surface area contributed by atoms with Crippen molar-refractivity contribution in [3.05, 3.63) is 24.5 Å². The number of aromatic nitrogens is 1. The highest BCUT2D eigenvalue weighted by molar-refractivity contribution is 7.89. The van der Waals surface area contributed by atoms with E-state index in [2.05, 4.69) is 15.0 Å². The van der Waals surface area contributed by atoms with Crippen molar-refractivity contribution < 1.29 is 8.42 Å². The summed E-state index contributed by atoms with van der Waals surface area (Å²) in [6, 6.07) is 3.27. The smallest absolute Gasteiger partial charge is 0.242 e. The van der Waals surface area contributed by atoms with Crippen molar-refractivity contribution in [3.63, 3.8) is 0 Å². The summed E-state index contributed by atoms with van der Waals surface area (Å²) >= 11 is 0. The molecule has 1 unspecified atom stereocenters. The maximum absolute atomic E-state index is 12.4. The van der Waals surface area contributed by atoms with Gasteiger partial charge in [-0.1, -0.05) is 19.3 Å². The lowest BCUT2D eigenvalue weighted by Crippen LogP contribution is -2.57. The number of piperidine rings is 1. The van der Waals surface area contributed by atoms with E-state index in [1.165, 1.54) is 25.5 Å². The molecule has 116 valence electrons. The fourth-order valence-corrected chi connectivity index (χ4v) is 4.89. The van der Waals surface area contributed by atoms with Crippen LogP contribution in [0.2, 0.25) is 0 Å². The Balaban J connectivity index is 1.70. The molecule has 1 aliphatic heterocycles. The van der Waals surface area contributed by atoms with Gasteiger partial charge in [0.15, 0.2) is 0 Å². The second-order valence-electron chi connectivity index (χ2n) is 6.27. The van der Waals surface area contributed by atoms with Gasteiger partial charge in [-0.2, -0.15) is 0 Å². The molecule has 0 radical (unpaired) electrons. The van der Waals surface area contributed by atoms with E-state index in [1.807, 2.05) is 0 Å². The second kappa shape index (κ2) is 6.02. The summed E-state index contributed by atoms with van der Waals surface area (Å²) in [5, 5.41) is 3.64. The van der Waals surface area contributed by atoms with Crippen LogP contribution >= 0.6 is 0 Å². The fourth-order valence-electron chi connectivity index (χ4n) is 3.66. The van der Waals surface area contributed by atoms with Crippen LogP contribution < -0.4 is 10.0 Å². The molecule has 3 rings (SSSR count). The van der Waals surface area contributed by atoms with Crippen molar-refractivity contribution in [3.8, 4) is 0 Å². The Morgan fingerprint density at radius 1 is 1.29 bits per heavy atom. The lowest BCUT2D eigenvalue weighted by atomic mass is 9.75. The summed E-state index contributed by atoms with van der Waals surface area (Å²) in [6.07, 6.45) is 10.9. The van der Waals surface area contributed by atoms with Gasteiger partial charge >= 0.3 is 0 Å². The summed E-state index contributed by atoms with van der Waals surface area (Å²) < 4.78 is 27.7. The Bertz CT molecular complexity index is 562. The zero-order valence-corrected chi connectivity index (χ0v) is 13.0. The minimum atomic E-state index is -3.46. The molecular weight excluding hydrogens is 286 g/mol. The second-order valence-corrected chi connectivity index (χ2v) is 7.98. The van der Waals surface area contributed by atoms with Gasteiger partial charge in [0.25, 0.3) is 0 Å². The third kappa shape index (κ3) is 3.44. The van der Waals surface area contributed by atoms with Gasteiger partial charge in [-0.05, 0) is 44.4 Å². The standard InChI is InChI=1S/C15H23N3O2S/c19-21(20,14-5-4-9-16-12-14)18-13-6-10-17-15(11-13)7-2-1-3-8-15/h4-5,9,12-13,17-18H,1-3,6-8,10-11H2. The first-order valence-corrected chi connectivity index (χ1v) is 9.25. The summed E-state index contributed by atoms with van der Waals surface area (Å²) in [4.78, 5) is 4.15. The van der Waals surface area contributed by atoms with E-state index < -0.39 is 10.0 Å². The molecule has 0 aromatic carbocycles.